The van der Waals surface area contributed by atoms with E-state index in [1.807, 2.05) is 32.9 Å². The number of hydrogen-bond acceptors (Lipinski definition) is 9. The quantitative estimate of drug-likeness (QED) is 0.0684. The van der Waals surface area contributed by atoms with E-state index < -0.39 is 90.1 Å². The van der Waals surface area contributed by atoms with Gasteiger partial charge in [0.15, 0.2) is 5.78 Å². The van der Waals surface area contributed by atoms with Gasteiger partial charge in [0.2, 0.25) is 35.4 Å². The summed E-state index contributed by atoms with van der Waals surface area (Å²) in [4.78, 5) is 92.7. The van der Waals surface area contributed by atoms with E-state index >= 15 is 0 Å². The molecule has 15 nitrogen and oxygen atoms in total. The van der Waals surface area contributed by atoms with Crippen LogP contribution in [0.3, 0.4) is 0 Å². The summed E-state index contributed by atoms with van der Waals surface area (Å²) < 4.78 is 0. The summed E-state index contributed by atoms with van der Waals surface area (Å²) >= 11 is 0. The highest BCUT2D eigenvalue weighted by Crippen LogP contribution is 2.14. The van der Waals surface area contributed by atoms with Crippen LogP contribution < -0.4 is 37.6 Å². The summed E-state index contributed by atoms with van der Waals surface area (Å²) in [5, 5.41) is 27.9. The maximum Gasteiger partial charge on any atom is 0.243 e. The number of aliphatic hydroxyl groups excluding tert-OH is 1. The number of primary amides is 1. The molecule has 0 unspecified atom stereocenters. The Morgan fingerprint density at radius 2 is 1.05 bits per heavy atom. The minimum atomic E-state index is -1.57. The molecule has 2 aromatic carbocycles. The highest BCUT2D eigenvalue weighted by molar-refractivity contribution is 5.95. The van der Waals surface area contributed by atoms with Gasteiger partial charge in [-0.25, -0.2) is 0 Å². The first-order chi connectivity index (χ1) is 27.7. The molecule has 15 heteroatoms. The predicted molar refractivity (Wildman–Crippen MR) is 226 cm³/mol. The Hall–Kier alpha value is -5.15. The molecule has 9 N–H and O–H groups in total. The number of Topliss-reactive ketones (excluding diaryl/α,β-unsaturated/α-hetero) is 1. The topological polar surface area (TPSA) is 238 Å². The van der Waals surface area contributed by atoms with Crippen LogP contribution in [0.1, 0.15) is 92.7 Å². The van der Waals surface area contributed by atoms with Crippen LogP contribution in [0.15, 0.2) is 60.7 Å². The summed E-state index contributed by atoms with van der Waals surface area (Å²) in [6.45, 7) is 15.7. The summed E-state index contributed by atoms with van der Waals surface area (Å²) in [5.41, 5.74) is 7.01. The molecular weight excluding hydrogens is 755 g/mol. The molecule has 8 atom stereocenters. The lowest BCUT2D eigenvalue weighted by Gasteiger charge is -2.30. The number of carbonyl (C=O) groups excluding carboxylic acids is 7. The molecule has 2 aromatic rings. The Bertz CT molecular complexity index is 1690. The molecule has 0 aromatic heterocycles. The van der Waals surface area contributed by atoms with Crippen molar-refractivity contribution in [1.29, 1.82) is 0 Å². The average molecular weight is 822 g/mol. The van der Waals surface area contributed by atoms with Gasteiger partial charge in [-0.2, -0.15) is 0 Å². The molecular formula is C44H67N7O8. The van der Waals surface area contributed by atoms with Crippen molar-refractivity contribution in [3.05, 3.63) is 71.8 Å². The average Bonchev–Trinajstić information content (AvgIpc) is 3.16. The SMILES string of the molecule is CC[C@H](C)[C@H](NC(=O)[C@H](Cc1ccccc1)N[C@@H](O)CC(=O)[C@H](Cc1ccccc1)NC(=O)[C@@H](NC(=O)[C@H](CC(C)C)NC(C)=O)C(C)C)C(=O)N[C@H](C(N)=O)C(C)C. The van der Waals surface area contributed by atoms with Gasteiger partial charge in [-0.3, -0.25) is 38.9 Å². The highest BCUT2D eigenvalue weighted by atomic mass is 16.3. The number of aliphatic hydroxyl groups is 1. The Kier molecular flexibility index (Phi) is 20.9. The van der Waals surface area contributed by atoms with E-state index in [1.54, 1.807) is 83.1 Å². The largest absolute Gasteiger partial charge is 0.378 e. The zero-order valence-electron chi connectivity index (χ0n) is 36.0. The lowest BCUT2D eigenvalue weighted by atomic mass is 9.95. The summed E-state index contributed by atoms with van der Waals surface area (Å²) in [6, 6.07) is 11.8. The Labute approximate surface area is 349 Å². The zero-order chi connectivity index (χ0) is 44.4. The highest BCUT2D eigenvalue weighted by Gasteiger charge is 2.35. The summed E-state index contributed by atoms with van der Waals surface area (Å²) in [5.74, 6) is -4.98. The van der Waals surface area contributed by atoms with E-state index in [2.05, 4.69) is 31.9 Å². The number of nitrogens with one attached hydrogen (secondary N) is 6. The van der Waals surface area contributed by atoms with E-state index in [-0.39, 0.29) is 36.5 Å². The van der Waals surface area contributed by atoms with Crippen molar-refractivity contribution in [2.45, 2.75) is 137 Å². The van der Waals surface area contributed by atoms with Gasteiger partial charge in [-0.05, 0) is 54.1 Å². The second kappa shape index (κ2) is 24.7. The molecule has 0 aliphatic rings. The smallest absolute Gasteiger partial charge is 0.243 e. The molecule has 0 radical (unpaired) electrons. The molecule has 2 rings (SSSR count). The molecule has 0 fully saturated rings. The fourth-order valence-corrected chi connectivity index (χ4v) is 6.56. The number of benzene rings is 2. The normalized spacial score (nSPS) is 15.5. The lowest BCUT2D eigenvalue weighted by Crippen LogP contribution is -2.60. The van der Waals surface area contributed by atoms with Crippen LogP contribution >= 0.6 is 0 Å². The predicted octanol–water partition coefficient (Wildman–Crippen LogP) is 2.04. The number of carbonyl (C=O) groups is 7. The third-order valence-electron chi connectivity index (χ3n) is 10.1. The molecule has 0 spiro atoms. The lowest BCUT2D eigenvalue weighted by molar-refractivity contribution is -0.135. The Morgan fingerprint density at radius 1 is 0.593 bits per heavy atom. The van der Waals surface area contributed by atoms with Crippen LogP contribution in [-0.2, 0) is 46.4 Å². The Morgan fingerprint density at radius 3 is 1.51 bits per heavy atom. The standard InChI is InChI=1S/C44H67N7O8/c1-10-28(8)39(44(59)49-37(26(4)5)40(45)55)51-42(57)34(23-31-19-15-12-16-20-31)47-36(54)24-35(53)32(22-30-17-13-11-14-18-30)48-43(58)38(27(6)7)50-41(56)33(21-25(2)3)46-29(9)52/h11-20,25-28,32-34,36-39,47,54H,10,21-24H2,1-9H3,(H2,45,55)(H,46,52)(H,48,58)(H,49,59)(H,50,56)(H,51,57)/t28-,32-,33-,34-,36-,37-,38-,39-/m0/s1. The van der Waals surface area contributed by atoms with Gasteiger partial charge in [0.1, 0.15) is 30.4 Å². The number of ketones is 1. The van der Waals surface area contributed by atoms with Crippen LogP contribution in [0.2, 0.25) is 0 Å². The van der Waals surface area contributed by atoms with Crippen LogP contribution in [0.5, 0.6) is 0 Å². The summed E-state index contributed by atoms with van der Waals surface area (Å²) in [6.07, 6.45) is -1.07. The minimum Gasteiger partial charge on any atom is -0.378 e. The van der Waals surface area contributed by atoms with Crippen molar-refractivity contribution in [2.24, 2.45) is 29.4 Å². The minimum absolute atomic E-state index is 0.0705. The second-order valence-corrected chi connectivity index (χ2v) is 16.5. The van der Waals surface area contributed by atoms with Crippen LogP contribution in [-0.4, -0.2) is 88.8 Å². The van der Waals surface area contributed by atoms with Crippen molar-refractivity contribution in [3.8, 4) is 0 Å². The molecule has 0 aliphatic heterocycles. The zero-order valence-corrected chi connectivity index (χ0v) is 36.0. The van der Waals surface area contributed by atoms with Gasteiger partial charge in [0.05, 0.1) is 12.1 Å². The van der Waals surface area contributed by atoms with E-state index in [0.717, 1.165) is 11.1 Å². The molecule has 59 heavy (non-hydrogen) atoms. The van der Waals surface area contributed by atoms with Crippen molar-refractivity contribution in [2.75, 3.05) is 0 Å². The monoisotopic (exact) mass is 822 g/mol. The van der Waals surface area contributed by atoms with Crippen molar-refractivity contribution in [3.63, 3.8) is 0 Å². The van der Waals surface area contributed by atoms with Crippen molar-refractivity contribution < 1.29 is 38.7 Å². The number of hydrogen-bond donors (Lipinski definition) is 8. The third kappa shape index (κ3) is 17.3. The fourth-order valence-electron chi connectivity index (χ4n) is 6.56. The van der Waals surface area contributed by atoms with Crippen molar-refractivity contribution in [1.82, 2.24) is 31.9 Å². The van der Waals surface area contributed by atoms with E-state index in [9.17, 15) is 38.7 Å². The Balaban J connectivity index is 2.37. The summed E-state index contributed by atoms with van der Waals surface area (Å²) in [7, 11) is 0. The van der Waals surface area contributed by atoms with Gasteiger partial charge in [0, 0.05) is 13.3 Å². The first-order valence-electron chi connectivity index (χ1n) is 20.6. The molecule has 0 aliphatic carbocycles. The maximum absolute atomic E-state index is 14.0. The molecule has 0 saturated carbocycles. The number of rotatable bonds is 25. The van der Waals surface area contributed by atoms with E-state index in [1.165, 1.54) is 6.92 Å². The molecule has 6 amide bonds. The van der Waals surface area contributed by atoms with Gasteiger partial charge in [-0.15, -0.1) is 0 Å². The third-order valence-corrected chi connectivity index (χ3v) is 10.1. The van der Waals surface area contributed by atoms with Gasteiger partial charge < -0.3 is 37.4 Å². The number of nitrogens with two attached hydrogens (primary N) is 1. The van der Waals surface area contributed by atoms with Crippen LogP contribution in [0.25, 0.3) is 0 Å². The van der Waals surface area contributed by atoms with Crippen LogP contribution in [0, 0.1) is 23.7 Å². The van der Waals surface area contributed by atoms with Gasteiger partial charge in [-0.1, -0.05) is 122 Å². The molecule has 0 heterocycles. The first-order valence-corrected chi connectivity index (χ1v) is 20.6. The second-order valence-electron chi connectivity index (χ2n) is 16.5. The van der Waals surface area contributed by atoms with E-state index in [0.29, 0.717) is 12.8 Å². The number of amides is 6. The maximum atomic E-state index is 14.0. The van der Waals surface area contributed by atoms with Crippen molar-refractivity contribution >= 4 is 41.2 Å². The van der Waals surface area contributed by atoms with Gasteiger partial charge >= 0.3 is 0 Å². The molecule has 326 valence electrons. The fraction of sp³-hybridized carbons (Fsp3) is 0.568. The van der Waals surface area contributed by atoms with Gasteiger partial charge in [0.25, 0.3) is 0 Å². The molecule has 0 bridgehead atoms. The first kappa shape index (κ1) is 50.0. The molecule has 0 saturated heterocycles. The van der Waals surface area contributed by atoms with E-state index in [4.69, 9.17) is 5.73 Å². The van der Waals surface area contributed by atoms with Crippen LogP contribution in [0.4, 0.5) is 0 Å².